The molecule has 23 heavy (non-hydrogen) atoms. The van der Waals surface area contributed by atoms with Crippen molar-refractivity contribution < 1.29 is 35.8 Å². The molecule has 0 radical (unpaired) electrons. The van der Waals surface area contributed by atoms with Gasteiger partial charge in [-0.15, -0.1) is 0 Å². The summed E-state index contributed by atoms with van der Waals surface area (Å²) in [5.74, 6) is -1.06. The van der Waals surface area contributed by atoms with Crippen LogP contribution in [0.25, 0.3) is 0 Å². The number of benzene rings is 2. The Morgan fingerprint density at radius 2 is 1.17 bits per heavy atom. The predicted molar refractivity (Wildman–Crippen MR) is 66.9 cm³/mol. The van der Waals surface area contributed by atoms with Crippen molar-refractivity contribution in [3.8, 4) is 0 Å². The van der Waals surface area contributed by atoms with Crippen LogP contribution in [0.4, 0.5) is 30.7 Å². The molecular formula is C15H9F7O. The Labute approximate surface area is 126 Å². The summed E-state index contributed by atoms with van der Waals surface area (Å²) in [5, 5.41) is 10.1. The number of halogens is 7. The zero-order chi connectivity index (χ0) is 17.5. The summed E-state index contributed by atoms with van der Waals surface area (Å²) in [6.45, 7) is 0. The third-order valence-corrected chi connectivity index (χ3v) is 3.26. The van der Waals surface area contributed by atoms with Crippen molar-refractivity contribution in [3.63, 3.8) is 0 Å². The minimum absolute atomic E-state index is 0.193. The predicted octanol–water partition coefficient (Wildman–Crippen LogP) is 4.64. The van der Waals surface area contributed by atoms with E-state index in [1.165, 1.54) is 0 Å². The van der Waals surface area contributed by atoms with Gasteiger partial charge in [-0.05, 0) is 29.8 Å². The van der Waals surface area contributed by atoms with Crippen LogP contribution in [0.2, 0.25) is 0 Å². The maximum Gasteiger partial charge on any atom is 0.425 e. The van der Waals surface area contributed by atoms with E-state index in [9.17, 15) is 35.8 Å². The van der Waals surface area contributed by atoms with Gasteiger partial charge in [0.25, 0.3) is 0 Å². The van der Waals surface area contributed by atoms with Crippen LogP contribution in [-0.2, 0) is 11.8 Å². The molecule has 0 saturated carbocycles. The van der Waals surface area contributed by atoms with Gasteiger partial charge in [-0.3, -0.25) is 0 Å². The third-order valence-electron chi connectivity index (χ3n) is 3.26. The van der Waals surface area contributed by atoms with E-state index in [0.29, 0.717) is 18.2 Å². The van der Waals surface area contributed by atoms with Crippen LogP contribution in [0.3, 0.4) is 0 Å². The van der Waals surface area contributed by atoms with Crippen LogP contribution < -0.4 is 0 Å². The molecule has 0 spiro atoms. The van der Waals surface area contributed by atoms with E-state index < -0.39 is 40.5 Å². The summed E-state index contributed by atoms with van der Waals surface area (Å²) < 4.78 is 91.4. The first-order valence-corrected chi connectivity index (χ1v) is 6.19. The van der Waals surface area contributed by atoms with E-state index in [-0.39, 0.29) is 6.07 Å². The van der Waals surface area contributed by atoms with Crippen molar-refractivity contribution in [2.24, 2.45) is 0 Å². The van der Waals surface area contributed by atoms with E-state index in [1.54, 1.807) is 0 Å². The summed E-state index contributed by atoms with van der Waals surface area (Å²) in [6, 6.07) is 5.21. The molecule has 1 unspecified atom stereocenters. The minimum atomic E-state index is -5.36. The number of rotatable bonds is 2. The maximum absolute atomic E-state index is 13.4. The average Bonchev–Trinajstić information content (AvgIpc) is 2.44. The Hall–Kier alpha value is -2.09. The quantitative estimate of drug-likeness (QED) is 0.791. The van der Waals surface area contributed by atoms with Gasteiger partial charge in [0.05, 0.1) is 5.56 Å². The van der Waals surface area contributed by atoms with Gasteiger partial charge in [-0.25, -0.2) is 4.39 Å². The Balaban J connectivity index is 2.70. The summed E-state index contributed by atoms with van der Waals surface area (Å²) in [5.41, 5.74) is -7.08. The molecule has 0 fully saturated rings. The second-order valence-corrected chi connectivity index (χ2v) is 4.80. The number of hydrogen-bond acceptors (Lipinski definition) is 1. The van der Waals surface area contributed by atoms with Crippen molar-refractivity contribution in [1.29, 1.82) is 0 Å². The molecule has 0 saturated heterocycles. The Kier molecular flexibility index (Phi) is 4.14. The number of hydrogen-bond donors (Lipinski definition) is 1. The van der Waals surface area contributed by atoms with Crippen LogP contribution in [0.1, 0.15) is 16.7 Å². The second kappa shape index (κ2) is 5.52. The van der Waals surface area contributed by atoms with Crippen molar-refractivity contribution in [2.75, 3.05) is 0 Å². The van der Waals surface area contributed by atoms with E-state index >= 15 is 0 Å². The summed E-state index contributed by atoms with van der Waals surface area (Å²) in [7, 11) is 0. The fourth-order valence-electron chi connectivity index (χ4n) is 2.13. The molecule has 2 rings (SSSR count). The van der Waals surface area contributed by atoms with Gasteiger partial charge in [0, 0.05) is 5.56 Å². The topological polar surface area (TPSA) is 20.2 Å². The molecule has 0 amide bonds. The Morgan fingerprint density at radius 3 is 1.65 bits per heavy atom. The molecule has 1 N–H and O–H groups in total. The first-order valence-electron chi connectivity index (χ1n) is 6.19. The summed E-state index contributed by atoms with van der Waals surface area (Å²) in [6.07, 6.45) is -10.2. The van der Waals surface area contributed by atoms with Crippen molar-refractivity contribution >= 4 is 0 Å². The molecule has 0 bridgehead atoms. The lowest BCUT2D eigenvalue weighted by molar-refractivity contribution is -0.248. The maximum atomic E-state index is 13.4. The lowest BCUT2D eigenvalue weighted by Gasteiger charge is -2.32. The molecule has 0 aliphatic heterocycles. The molecule has 0 aromatic heterocycles. The second-order valence-electron chi connectivity index (χ2n) is 4.80. The lowest BCUT2D eigenvalue weighted by Crippen LogP contribution is -2.43. The van der Waals surface area contributed by atoms with Crippen molar-refractivity contribution in [1.82, 2.24) is 0 Å². The smallest absolute Gasteiger partial charge is 0.372 e. The highest BCUT2D eigenvalue weighted by Crippen LogP contribution is 2.45. The zero-order valence-electron chi connectivity index (χ0n) is 11.2. The van der Waals surface area contributed by atoms with Crippen LogP contribution >= 0.6 is 0 Å². The molecule has 124 valence electrons. The van der Waals surface area contributed by atoms with Crippen LogP contribution in [0.15, 0.2) is 48.5 Å². The number of aliphatic hydroxyl groups is 1. The minimum Gasteiger partial charge on any atom is -0.372 e. The molecule has 0 aliphatic carbocycles. The molecule has 0 aliphatic rings. The standard InChI is InChI=1S/C15H9F7O/c16-12-6-2-4-10(8-12)13(23,15(20,21)22)9-3-1-5-11(7-9)14(17,18)19/h1-8,23H. The highest BCUT2D eigenvalue weighted by molar-refractivity contribution is 5.40. The average molecular weight is 338 g/mol. The Morgan fingerprint density at radius 1 is 0.696 bits per heavy atom. The summed E-state index contributed by atoms with van der Waals surface area (Å²) >= 11 is 0. The van der Waals surface area contributed by atoms with E-state index in [1.807, 2.05) is 0 Å². The van der Waals surface area contributed by atoms with Crippen molar-refractivity contribution in [3.05, 3.63) is 71.0 Å². The third kappa shape index (κ3) is 3.17. The van der Waals surface area contributed by atoms with Gasteiger partial charge >= 0.3 is 12.4 Å². The monoisotopic (exact) mass is 338 g/mol. The normalized spacial score (nSPS) is 15.3. The van der Waals surface area contributed by atoms with Crippen LogP contribution in [0.5, 0.6) is 0 Å². The van der Waals surface area contributed by atoms with Gasteiger partial charge in [0.2, 0.25) is 5.60 Å². The fourth-order valence-corrected chi connectivity index (χ4v) is 2.13. The molecule has 0 heterocycles. The zero-order valence-corrected chi connectivity index (χ0v) is 11.2. The van der Waals surface area contributed by atoms with E-state index in [4.69, 9.17) is 0 Å². The molecule has 2 aromatic rings. The lowest BCUT2D eigenvalue weighted by atomic mass is 9.85. The van der Waals surface area contributed by atoms with Crippen molar-refractivity contribution in [2.45, 2.75) is 18.0 Å². The van der Waals surface area contributed by atoms with E-state index in [2.05, 4.69) is 0 Å². The first kappa shape index (κ1) is 17.3. The molecule has 8 heteroatoms. The van der Waals surface area contributed by atoms with Gasteiger partial charge in [0.15, 0.2) is 0 Å². The van der Waals surface area contributed by atoms with E-state index in [0.717, 1.165) is 24.3 Å². The molecule has 1 atom stereocenters. The van der Waals surface area contributed by atoms with Gasteiger partial charge < -0.3 is 5.11 Å². The Bertz CT molecular complexity index is 705. The first-order chi connectivity index (χ1) is 10.5. The molecule has 1 nitrogen and oxygen atoms in total. The SMILES string of the molecule is OC(c1cccc(F)c1)(c1cccc(C(F)(F)F)c1)C(F)(F)F. The molecule has 2 aromatic carbocycles. The van der Waals surface area contributed by atoms with Gasteiger partial charge in [0.1, 0.15) is 5.82 Å². The fraction of sp³-hybridized carbons (Fsp3) is 0.200. The highest BCUT2D eigenvalue weighted by atomic mass is 19.4. The molecular weight excluding hydrogens is 329 g/mol. The van der Waals surface area contributed by atoms with Gasteiger partial charge in [-0.2, -0.15) is 26.3 Å². The van der Waals surface area contributed by atoms with Crippen LogP contribution in [0, 0.1) is 5.82 Å². The largest absolute Gasteiger partial charge is 0.425 e. The van der Waals surface area contributed by atoms with Gasteiger partial charge in [-0.1, -0.05) is 24.3 Å². The number of alkyl halides is 6. The highest BCUT2D eigenvalue weighted by Gasteiger charge is 2.56. The summed E-state index contributed by atoms with van der Waals surface area (Å²) in [4.78, 5) is 0. The van der Waals surface area contributed by atoms with Crippen LogP contribution in [-0.4, -0.2) is 11.3 Å².